The number of amides is 1. The van der Waals surface area contributed by atoms with Crippen LogP contribution in [0.25, 0.3) is 0 Å². The van der Waals surface area contributed by atoms with Crippen LogP contribution in [0.1, 0.15) is 29.6 Å². The summed E-state index contributed by atoms with van der Waals surface area (Å²) in [5.41, 5.74) is 0.716. The lowest BCUT2D eigenvalue weighted by Crippen LogP contribution is -2.39. The number of aliphatic carboxylic acids is 1. The van der Waals surface area contributed by atoms with E-state index in [4.69, 9.17) is 5.11 Å². The molecule has 1 amide bonds. The lowest BCUT2D eigenvalue weighted by atomic mass is 9.93. The first kappa shape index (κ1) is 17.5. The number of hydrogen-bond acceptors (Lipinski definition) is 3. The molecule has 1 fully saturated rings. The van der Waals surface area contributed by atoms with E-state index < -0.39 is 5.97 Å². The smallest absolute Gasteiger partial charge is 0.303 e. The highest BCUT2D eigenvalue weighted by Crippen LogP contribution is 2.31. The monoisotopic (exact) mass is 355 g/mol. The zero-order chi connectivity index (χ0) is 17.6. The number of carbonyl (C=O) groups excluding carboxylic acids is 1. The van der Waals surface area contributed by atoms with Gasteiger partial charge in [-0.2, -0.15) is 0 Å². The Morgan fingerprint density at radius 3 is 2.32 bits per heavy atom. The Morgan fingerprint density at radius 1 is 1.00 bits per heavy atom. The first-order valence-electron chi connectivity index (χ1n) is 8.46. The second-order valence-corrected chi connectivity index (χ2v) is 7.36. The summed E-state index contributed by atoms with van der Waals surface area (Å²) in [5.74, 6) is -0.544. The van der Waals surface area contributed by atoms with E-state index in [0.29, 0.717) is 18.7 Å². The van der Waals surface area contributed by atoms with Crippen molar-refractivity contribution in [2.45, 2.75) is 29.1 Å². The zero-order valence-corrected chi connectivity index (χ0v) is 14.7. The summed E-state index contributed by atoms with van der Waals surface area (Å²) in [6.07, 6.45) is 1.71. The van der Waals surface area contributed by atoms with Crippen molar-refractivity contribution < 1.29 is 14.7 Å². The van der Waals surface area contributed by atoms with E-state index in [2.05, 4.69) is 0 Å². The molecule has 0 unspecified atom stereocenters. The minimum absolute atomic E-state index is 0.0350. The molecule has 1 heterocycles. The molecule has 1 N–H and O–H groups in total. The Kier molecular flexibility index (Phi) is 5.76. The zero-order valence-electron chi connectivity index (χ0n) is 13.9. The molecule has 0 aliphatic carbocycles. The standard InChI is InChI=1S/C20H21NO3S/c22-19(23)14-15-10-12-21(13-11-15)20(24)17-8-4-5-9-18(17)25-16-6-2-1-3-7-16/h1-9,15H,10-14H2,(H,22,23). The molecule has 0 bridgehead atoms. The van der Waals surface area contributed by atoms with Crippen LogP contribution in [0.4, 0.5) is 0 Å². The number of likely N-dealkylation sites (tertiary alicyclic amines) is 1. The number of piperidine rings is 1. The predicted molar refractivity (Wildman–Crippen MR) is 97.9 cm³/mol. The van der Waals surface area contributed by atoms with Gasteiger partial charge < -0.3 is 10.0 Å². The second kappa shape index (κ2) is 8.21. The Labute approximate surface area is 151 Å². The summed E-state index contributed by atoms with van der Waals surface area (Å²) in [7, 11) is 0. The van der Waals surface area contributed by atoms with Crippen LogP contribution >= 0.6 is 11.8 Å². The number of benzene rings is 2. The van der Waals surface area contributed by atoms with Gasteiger partial charge in [0.05, 0.1) is 5.56 Å². The number of carboxylic acid groups (broad SMARTS) is 1. The van der Waals surface area contributed by atoms with Crippen molar-refractivity contribution >= 4 is 23.6 Å². The van der Waals surface area contributed by atoms with Gasteiger partial charge in [-0.1, -0.05) is 42.1 Å². The quantitative estimate of drug-likeness (QED) is 0.875. The van der Waals surface area contributed by atoms with Crippen LogP contribution < -0.4 is 0 Å². The third-order valence-electron chi connectivity index (χ3n) is 4.45. The van der Waals surface area contributed by atoms with Gasteiger partial charge in [0.1, 0.15) is 0 Å². The van der Waals surface area contributed by atoms with Crippen molar-refractivity contribution in [2.24, 2.45) is 5.92 Å². The van der Waals surface area contributed by atoms with Crippen molar-refractivity contribution in [1.82, 2.24) is 4.90 Å². The lowest BCUT2D eigenvalue weighted by Gasteiger charge is -2.31. The normalized spacial score (nSPS) is 15.1. The molecule has 25 heavy (non-hydrogen) atoms. The van der Waals surface area contributed by atoms with Gasteiger partial charge in [0.15, 0.2) is 0 Å². The highest BCUT2D eigenvalue weighted by molar-refractivity contribution is 7.99. The number of carbonyl (C=O) groups is 2. The van der Waals surface area contributed by atoms with Crippen molar-refractivity contribution in [1.29, 1.82) is 0 Å². The maximum atomic E-state index is 12.9. The van der Waals surface area contributed by atoms with E-state index in [1.807, 2.05) is 59.5 Å². The minimum Gasteiger partial charge on any atom is -0.481 e. The van der Waals surface area contributed by atoms with Crippen LogP contribution in [0.2, 0.25) is 0 Å². The maximum absolute atomic E-state index is 12.9. The molecule has 5 heteroatoms. The van der Waals surface area contributed by atoms with Crippen molar-refractivity contribution in [2.75, 3.05) is 13.1 Å². The molecule has 4 nitrogen and oxygen atoms in total. The molecule has 0 aromatic heterocycles. The van der Waals surface area contributed by atoms with E-state index in [0.717, 1.165) is 22.6 Å². The van der Waals surface area contributed by atoms with Gasteiger partial charge in [0.2, 0.25) is 0 Å². The number of nitrogens with zero attached hydrogens (tertiary/aromatic N) is 1. The molecule has 0 saturated carbocycles. The molecule has 3 rings (SSSR count). The van der Waals surface area contributed by atoms with Crippen LogP contribution in [0, 0.1) is 5.92 Å². The van der Waals surface area contributed by atoms with Gasteiger partial charge in [-0.3, -0.25) is 9.59 Å². The Morgan fingerprint density at radius 2 is 1.64 bits per heavy atom. The van der Waals surface area contributed by atoms with Gasteiger partial charge in [0.25, 0.3) is 5.91 Å². The van der Waals surface area contributed by atoms with Gasteiger partial charge in [-0.25, -0.2) is 0 Å². The molecule has 1 aliphatic rings. The average molecular weight is 355 g/mol. The molecule has 0 radical (unpaired) electrons. The molecule has 1 saturated heterocycles. The topological polar surface area (TPSA) is 57.6 Å². The summed E-state index contributed by atoms with van der Waals surface area (Å²) >= 11 is 1.59. The molecule has 0 spiro atoms. The summed E-state index contributed by atoms with van der Waals surface area (Å²) < 4.78 is 0. The highest BCUT2D eigenvalue weighted by atomic mass is 32.2. The molecular formula is C20H21NO3S. The highest BCUT2D eigenvalue weighted by Gasteiger charge is 2.26. The van der Waals surface area contributed by atoms with Crippen molar-refractivity contribution in [3.8, 4) is 0 Å². The fourth-order valence-electron chi connectivity index (χ4n) is 3.11. The second-order valence-electron chi connectivity index (χ2n) is 6.24. The third kappa shape index (κ3) is 4.63. The Balaban J connectivity index is 1.70. The number of rotatable bonds is 5. The fourth-order valence-corrected chi connectivity index (χ4v) is 4.06. The first-order valence-corrected chi connectivity index (χ1v) is 9.28. The number of hydrogen-bond donors (Lipinski definition) is 1. The van der Waals surface area contributed by atoms with Crippen molar-refractivity contribution in [3.05, 3.63) is 60.2 Å². The molecule has 130 valence electrons. The van der Waals surface area contributed by atoms with E-state index in [9.17, 15) is 9.59 Å². The number of carboxylic acids is 1. The third-order valence-corrected chi connectivity index (χ3v) is 5.54. The molecule has 0 atom stereocenters. The molecule has 2 aromatic rings. The van der Waals surface area contributed by atoms with Crippen LogP contribution in [0.15, 0.2) is 64.4 Å². The predicted octanol–water partition coefficient (Wildman–Crippen LogP) is 4.16. The molecular weight excluding hydrogens is 334 g/mol. The molecule has 2 aromatic carbocycles. The summed E-state index contributed by atoms with van der Waals surface area (Å²) in [4.78, 5) is 27.7. The van der Waals surface area contributed by atoms with Crippen LogP contribution in [0.5, 0.6) is 0 Å². The SMILES string of the molecule is O=C(O)CC1CCN(C(=O)c2ccccc2Sc2ccccc2)CC1. The van der Waals surface area contributed by atoms with E-state index in [1.165, 1.54) is 0 Å². The van der Waals surface area contributed by atoms with E-state index >= 15 is 0 Å². The van der Waals surface area contributed by atoms with Gasteiger partial charge in [-0.05, 0) is 43.0 Å². The fraction of sp³-hybridized carbons (Fsp3) is 0.300. The summed E-state index contributed by atoms with van der Waals surface area (Å²) in [5, 5.41) is 8.91. The average Bonchev–Trinajstić information content (AvgIpc) is 2.63. The largest absolute Gasteiger partial charge is 0.481 e. The van der Waals surface area contributed by atoms with Gasteiger partial charge in [0, 0.05) is 29.3 Å². The van der Waals surface area contributed by atoms with Gasteiger partial charge >= 0.3 is 5.97 Å². The Bertz CT molecular complexity index is 740. The van der Waals surface area contributed by atoms with Crippen molar-refractivity contribution in [3.63, 3.8) is 0 Å². The Hall–Kier alpha value is -2.27. The minimum atomic E-state index is -0.755. The summed E-state index contributed by atoms with van der Waals surface area (Å²) in [6, 6.07) is 17.7. The van der Waals surface area contributed by atoms with E-state index in [-0.39, 0.29) is 18.2 Å². The molecule has 1 aliphatic heterocycles. The van der Waals surface area contributed by atoms with Crippen LogP contribution in [-0.4, -0.2) is 35.0 Å². The van der Waals surface area contributed by atoms with Gasteiger partial charge in [-0.15, -0.1) is 0 Å². The maximum Gasteiger partial charge on any atom is 0.303 e. The lowest BCUT2D eigenvalue weighted by molar-refractivity contribution is -0.138. The van der Waals surface area contributed by atoms with Crippen LogP contribution in [-0.2, 0) is 4.79 Å². The van der Waals surface area contributed by atoms with E-state index in [1.54, 1.807) is 11.8 Å². The first-order chi connectivity index (χ1) is 12.1. The van der Waals surface area contributed by atoms with Crippen LogP contribution in [0.3, 0.4) is 0 Å². The summed E-state index contributed by atoms with van der Waals surface area (Å²) in [6.45, 7) is 1.25.